The number of rotatable bonds is 4. The van der Waals surface area contributed by atoms with Crippen LogP contribution >= 0.6 is 0 Å². The van der Waals surface area contributed by atoms with Crippen LogP contribution in [0.25, 0.3) is 0 Å². The van der Waals surface area contributed by atoms with Crippen LogP contribution in [0, 0.1) is 0 Å². The highest BCUT2D eigenvalue weighted by molar-refractivity contribution is 5.77. The lowest BCUT2D eigenvalue weighted by molar-refractivity contribution is -0.124. The maximum atomic E-state index is 11.9. The Morgan fingerprint density at radius 1 is 1.27 bits per heavy atom. The lowest BCUT2D eigenvalue weighted by Gasteiger charge is -2.37. The molecule has 26 heavy (non-hydrogen) atoms. The van der Waals surface area contributed by atoms with Crippen molar-refractivity contribution < 1.29 is 9.53 Å². The lowest BCUT2D eigenvalue weighted by Crippen LogP contribution is -2.52. The normalized spacial score (nSPS) is 25.5. The molecule has 6 nitrogen and oxygen atoms in total. The van der Waals surface area contributed by atoms with Gasteiger partial charge in [-0.25, -0.2) is 0 Å². The van der Waals surface area contributed by atoms with Gasteiger partial charge < -0.3 is 15.4 Å². The van der Waals surface area contributed by atoms with Crippen LogP contribution in [-0.4, -0.2) is 34.9 Å². The Hall–Kier alpha value is -2.34. The Labute approximate surface area is 153 Å². The maximum absolute atomic E-state index is 11.9. The molecule has 6 heteroatoms. The zero-order valence-corrected chi connectivity index (χ0v) is 15.4. The summed E-state index contributed by atoms with van der Waals surface area (Å²) in [5.74, 6) is 1.04. The minimum absolute atomic E-state index is 0.0170. The van der Waals surface area contributed by atoms with E-state index in [0.717, 1.165) is 37.0 Å². The summed E-state index contributed by atoms with van der Waals surface area (Å²) in [7, 11) is 3.62. The molecule has 1 aliphatic carbocycles. The van der Waals surface area contributed by atoms with E-state index in [1.807, 2.05) is 25.5 Å². The molecule has 3 atom stereocenters. The molecule has 1 aromatic carbocycles. The van der Waals surface area contributed by atoms with E-state index in [2.05, 4.69) is 27.9 Å². The Balaban J connectivity index is 1.49. The third-order valence-electron chi connectivity index (χ3n) is 5.58. The minimum Gasteiger partial charge on any atom is -0.497 e. The smallest absolute Gasteiger partial charge is 0.220 e. The summed E-state index contributed by atoms with van der Waals surface area (Å²) < 4.78 is 7.17. The number of amides is 1. The van der Waals surface area contributed by atoms with Gasteiger partial charge in [0.05, 0.1) is 19.3 Å². The molecule has 0 spiro atoms. The van der Waals surface area contributed by atoms with Crippen molar-refractivity contribution >= 4 is 5.91 Å². The molecule has 0 radical (unpaired) electrons. The molecule has 0 unspecified atom stereocenters. The predicted octanol–water partition coefficient (Wildman–Crippen LogP) is 1.90. The van der Waals surface area contributed by atoms with Crippen molar-refractivity contribution in [2.24, 2.45) is 7.05 Å². The van der Waals surface area contributed by atoms with E-state index in [0.29, 0.717) is 12.5 Å². The van der Waals surface area contributed by atoms with Gasteiger partial charge in [0.1, 0.15) is 5.75 Å². The van der Waals surface area contributed by atoms with Crippen molar-refractivity contribution in [3.63, 3.8) is 0 Å². The van der Waals surface area contributed by atoms with Crippen LogP contribution in [0.15, 0.2) is 30.6 Å². The molecule has 2 aliphatic rings. The number of hydrogen-bond acceptors (Lipinski definition) is 4. The van der Waals surface area contributed by atoms with Crippen molar-refractivity contribution in [3.8, 4) is 5.75 Å². The van der Waals surface area contributed by atoms with Crippen LogP contribution in [0.2, 0.25) is 0 Å². The molecule has 1 aromatic heterocycles. The number of piperidine rings is 1. The third kappa shape index (κ3) is 3.46. The van der Waals surface area contributed by atoms with Crippen molar-refractivity contribution in [2.75, 3.05) is 7.11 Å². The van der Waals surface area contributed by atoms with E-state index in [4.69, 9.17) is 4.74 Å². The van der Waals surface area contributed by atoms with Gasteiger partial charge in [-0.2, -0.15) is 5.10 Å². The van der Waals surface area contributed by atoms with E-state index < -0.39 is 0 Å². The lowest BCUT2D eigenvalue weighted by atomic mass is 9.86. The number of nitrogens with one attached hydrogen (secondary N) is 2. The minimum atomic E-state index is -0.0170. The number of methoxy groups -OCH3 is 1. The average Bonchev–Trinajstić information content (AvgIpc) is 3.08. The van der Waals surface area contributed by atoms with Crippen molar-refractivity contribution in [3.05, 3.63) is 47.3 Å². The molecule has 1 aliphatic heterocycles. The van der Waals surface area contributed by atoms with Crippen LogP contribution in [0.1, 0.15) is 42.0 Å². The SMILES string of the molecule is COc1ccc2c(c1)C[C@H](N[C@@H]1CCC(=O)N[C@H]1c1cnn(C)c1)CC2. The molecule has 1 saturated heterocycles. The second-order valence-corrected chi connectivity index (χ2v) is 7.38. The van der Waals surface area contributed by atoms with E-state index in [1.54, 1.807) is 11.8 Å². The summed E-state index contributed by atoms with van der Waals surface area (Å²) in [6.45, 7) is 0. The molecule has 0 saturated carbocycles. The predicted molar refractivity (Wildman–Crippen MR) is 99.1 cm³/mol. The highest BCUT2D eigenvalue weighted by atomic mass is 16.5. The summed E-state index contributed by atoms with van der Waals surface area (Å²) in [5.41, 5.74) is 3.85. The van der Waals surface area contributed by atoms with Gasteiger partial charge in [-0.1, -0.05) is 6.07 Å². The number of hydrogen-bond donors (Lipinski definition) is 2. The Morgan fingerprint density at radius 2 is 2.15 bits per heavy atom. The fourth-order valence-corrected chi connectivity index (χ4v) is 4.20. The van der Waals surface area contributed by atoms with Crippen LogP contribution in [0.5, 0.6) is 5.75 Å². The Bertz CT molecular complexity index is 801. The summed E-state index contributed by atoms with van der Waals surface area (Å²) >= 11 is 0. The number of aromatic nitrogens is 2. The van der Waals surface area contributed by atoms with Crippen LogP contribution in [-0.2, 0) is 24.7 Å². The monoisotopic (exact) mass is 354 g/mol. The molecule has 0 bridgehead atoms. The second kappa shape index (κ2) is 7.11. The summed E-state index contributed by atoms with van der Waals surface area (Å²) in [5, 5.41) is 11.2. The summed E-state index contributed by atoms with van der Waals surface area (Å²) in [6.07, 6.45) is 8.46. The Morgan fingerprint density at radius 3 is 2.92 bits per heavy atom. The molecule has 1 amide bonds. The van der Waals surface area contributed by atoms with Gasteiger partial charge >= 0.3 is 0 Å². The topological polar surface area (TPSA) is 68.2 Å². The van der Waals surface area contributed by atoms with Gasteiger partial charge in [-0.3, -0.25) is 9.48 Å². The molecule has 2 heterocycles. The molecule has 2 aromatic rings. The van der Waals surface area contributed by atoms with Gasteiger partial charge in [0.25, 0.3) is 0 Å². The highest BCUT2D eigenvalue weighted by Crippen LogP contribution is 2.29. The molecule has 4 rings (SSSR count). The first-order chi connectivity index (χ1) is 12.6. The number of carbonyl (C=O) groups is 1. The van der Waals surface area contributed by atoms with Crippen molar-refractivity contribution in [1.82, 2.24) is 20.4 Å². The first kappa shape index (κ1) is 17.1. The molecule has 1 fully saturated rings. The van der Waals surface area contributed by atoms with Crippen molar-refractivity contribution in [1.29, 1.82) is 0 Å². The first-order valence-corrected chi connectivity index (χ1v) is 9.32. The third-order valence-corrected chi connectivity index (χ3v) is 5.58. The average molecular weight is 354 g/mol. The number of benzene rings is 1. The van der Waals surface area contributed by atoms with E-state index >= 15 is 0 Å². The van der Waals surface area contributed by atoms with E-state index in [1.165, 1.54) is 11.1 Å². The van der Waals surface area contributed by atoms with Gasteiger partial charge in [-0.15, -0.1) is 0 Å². The zero-order valence-electron chi connectivity index (χ0n) is 15.4. The van der Waals surface area contributed by atoms with Crippen molar-refractivity contribution in [2.45, 2.75) is 50.2 Å². The van der Waals surface area contributed by atoms with Crippen LogP contribution in [0.4, 0.5) is 0 Å². The summed E-state index contributed by atoms with van der Waals surface area (Å²) in [4.78, 5) is 11.9. The standard InChI is InChI=1S/C20H26N4O2/c1-24-12-15(11-21-24)20-18(7-8-19(25)23-20)22-16-5-3-13-4-6-17(26-2)10-14(13)9-16/h4,6,10-12,16,18,20,22H,3,5,7-9H2,1-2H3,(H,23,25)/t16-,18-,20+/m1/s1. The fourth-order valence-electron chi connectivity index (χ4n) is 4.20. The maximum Gasteiger partial charge on any atom is 0.220 e. The van der Waals surface area contributed by atoms with E-state index in [-0.39, 0.29) is 18.0 Å². The highest BCUT2D eigenvalue weighted by Gasteiger charge is 2.33. The molecule has 138 valence electrons. The van der Waals surface area contributed by atoms with Gasteiger partial charge in [0.15, 0.2) is 0 Å². The fraction of sp³-hybridized carbons (Fsp3) is 0.500. The van der Waals surface area contributed by atoms with Gasteiger partial charge in [-0.05, 0) is 48.9 Å². The van der Waals surface area contributed by atoms with Crippen LogP contribution in [0.3, 0.4) is 0 Å². The van der Waals surface area contributed by atoms with Gasteiger partial charge in [0, 0.05) is 37.3 Å². The Kier molecular flexibility index (Phi) is 4.68. The second-order valence-electron chi connectivity index (χ2n) is 7.38. The van der Waals surface area contributed by atoms with Crippen LogP contribution < -0.4 is 15.4 Å². The number of ether oxygens (including phenoxy) is 1. The number of fused-ring (bicyclic) bond motifs is 1. The summed E-state index contributed by atoms with van der Waals surface area (Å²) in [6, 6.07) is 7.01. The van der Waals surface area contributed by atoms with E-state index in [9.17, 15) is 4.79 Å². The molecular formula is C20H26N4O2. The first-order valence-electron chi connectivity index (χ1n) is 9.32. The molecular weight excluding hydrogens is 328 g/mol. The largest absolute Gasteiger partial charge is 0.497 e. The molecule has 2 N–H and O–H groups in total. The quantitative estimate of drug-likeness (QED) is 0.880. The number of aryl methyl sites for hydroxylation is 2. The zero-order chi connectivity index (χ0) is 18.1. The number of nitrogens with zero attached hydrogens (tertiary/aromatic N) is 2. The number of carbonyl (C=O) groups excluding carboxylic acids is 1. The van der Waals surface area contributed by atoms with Gasteiger partial charge in [0.2, 0.25) is 5.91 Å².